The van der Waals surface area contributed by atoms with Crippen molar-refractivity contribution >= 4 is 50.9 Å². The molecular formula is C14H13N3O6S. The quantitative estimate of drug-likeness (QED) is 0.454. The Hall–Kier alpha value is -2.88. The van der Waals surface area contributed by atoms with Crippen LogP contribution in [0, 0.1) is 0 Å². The van der Waals surface area contributed by atoms with Crippen molar-refractivity contribution in [2.75, 3.05) is 18.9 Å². The summed E-state index contributed by atoms with van der Waals surface area (Å²) in [5.41, 5.74) is 4.92. The molecule has 0 aliphatic rings. The third kappa shape index (κ3) is 3.23. The molecule has 0 unspecified atom stereocenters. The van der Waals surface area contributed by atoms with E-state index in [1.807, 2.05) is 0 Å². The van der Waals surface area contributed by atoms with Crippen molar-refractivity contribution in [1.82, 2.24) is 9.36 Å². The molecule has 126 valence electrons. The van der Waals surface area contributed by atoms with Crippen molar-refractivity contribution in [3.63, 3.8) is 0 Å². The lowest BCUT2D eigenvalue weighted by atomic mass is 10.1. The number of carbonyl (C=O) groups excluding carboxylic acids is 4. The number of ketones is 2. The number of rotatable bonds is 6. The van der Waals surface area contributed by atoms with Gasteiger partial charge in [-0.05, 0) is 31.4 Å². The van der Waals surface area contributed by atoms with Gasteiger partial charge in [0.05, 0.1) is 23.3 Å². The van der Waals surface area contributed by atoms with E-state index in [1.54, 1.807) is 6.92 Å². The van der Waals surface area contributed by atoms with Crippen LogP contribution in [0.5, 0.6) is 0 Å². The van der Waals surface area contributed by atoms with E-state index in [-0.39, 0.29) is 35.8 Å². The van der Waals surface area contributed by atoms with E-state index in [0.717, 1.165) is 11.5 Å². The van der Waals surface area contributed by atoms with Crippen molar-refractivity contribution in [3.8, 4) is 0 Å². The summed E-state index contributed by atoms with van der Waals surface area (Å²) in [6.45, 7) is 3.08. The molecule has 10 heteroatoms. The normalized spacial score (nSPS) is 10.4. The Labute approximate surface area is 139 Å². The summed E-state index contributed by atoms with van der Waals surface area (Å²) in [6.07, 6.45) is 0. The van der Waals surface area contributed by atoms with E-state index in [2.05, 4.69) is 18.8 Å². The van der Waals surface area contributed by atoms with Gasteiger partial charge in [-0.25, -0.2) is 14.6 Å². The van der Waals surface area contributed by atoms with E-state index < -0.39 is 23.5 Å². The summed E-state index contributed by atoms with van der Waals surface area (Å²) in [7, 11) is 0. The number of nitrogen functional groups attached to an aromatic ring is 1. The molecule has 2 rings (SSSR count). The van der Waals surface area contributed by atoms with Gasteiger partial charge in [0, 0.05) is 0 Å². The molecular weight excluding hydrogens is 338 g/mol. The maximum atomic E-state index is 12.2. The lowest BCUT2D eigenvalue weighted by Crippen LogP contribution is -2.22. The van der Waals surface area contributed by atoms with Crippen LogP contribution in [0.1, 0.15) is 34.8 Å². The number of aromatic nitrogens is 2. The van der Waals surface area contributed by atoms with Gasteiger partial charge in [-0.2, -0.15) is 4.37 Å². The first kappa shape index (κ1) is 17.5. The molecule has 0 aliphatic heterocycles. The summed E-state index contributed by atoms with van der Waals surface area (Å²) >= 11 is 0.846. The standard InChI is InChI=1S/C14H13N3O6S/c1-3-22-13(20)11(18)9-8-6(5-7(15)16-9)24-17-10(8)12(19)14(21)23-4-2/h5H,3-4H2,1-2H3,(H2,15,16). The first-order valence-corrected chi connectivity index (χ1v) is 7.66. The number of pyridine rings is 1. The van der Waals surface area contributed by atoms with Gasteiger partial charge in [0.15, 0.2) is 0 Å². The topological polar surface area (TPSA) is 139 Å². The molecule has 24 heavy (non-hydrogen) atoms. The molecule has 9 nitrogen and oxygen atoms in total. The molecule has 0 amide bonds. The number of esters is 2. The first-order valence-electron chi connectivity index (χ1n) is 6.89. The lowest BCUT2D eigenvalue weighted by molar-refractivity contribution is -0.138. The number of carbonyl (C=O) groups is 4. The molecule has 2 aromatic heterocycles. The van der Waals surface area contributed by atoms with Crippen LogP contribution in [0.15, 0.2) is 6.07 Å². The first-order chi connectivity index (χ1) is 11.4. The van der Waals surface area contributed by atoms with Crippen molar-refractivity contribution in [3.05, 3.63) is 17.5 Å². The van der Waals surface area contributed by atoms with E-state index in [9.17, 15) is 19.2 Å². The summed E-state index contributed by atoms with van der Waals surface area (Å²) in [6, 6.07) is 1.39. The second-order valence-corrected chi connectivity index (χ2v) is 5.20. The van der Waals surface area contributed by atoms with Crippen molar-refractivity contribution in [1.29, 1.82) is 0 Å². The summed E-state index contributed by atoms with van der Waals surface area (Å²) in [5.74, 6) is -4.40. The van der Waals surface area contributed by atoms with Gasteiger partial charge in [-0.15, -0.1) is 0 Å². The molecule has 0 saturated carbocycles. The van der Waals surface area contributed by atoms with E-state index in [4.69, 9.17) is 5.73 Å². The van der Waals surface area contributed by atoms with Gasteiger partial charge in [0.25, 0.3) is 11.6 Å². The Morgan fingerprint density at radius 1 is 1.04 bits per heavy atom. The predicted octanol–water partition coefficient (Wildman–Crippen LogP) is 0.765. The molecule has 0 atom stereocenters. The molecule has 0 aromatic carbocycles. The minimum Gasteiger partial charge on any atom is -0.460 e. The third-order valence-corrected chi connectivity index (χ3v) is 3.62. The van der Waals surface area contributed by atoms with Crippen molar-refractivity contribution < 1.29 is 28.7 Å². The summed E-state index contributed by atoms with van der Waals surface area (Å²) in [4.78, 5) is 51.5. The third-order valence-electron chi connectivity index (χ3n) is 2.83. The van der Waals surface area contributed by atoms with Gasteiger partial charge < -0.3 is 15.2 Å². The molecule has 0 aliphatic carbocycles. The number of anilines is 1. The SMILES string of the molecule is CCOC(=O)C(=O)c1nsc2cc(N)nc(C(=O)C(=O)OCC)c12. The van der Waals surface area contributed by atoms with Crippen LogP contribution in [0.4, 0.5) is 5.82 Å². The Balaban J connectivity index is 2.61. The number of hydrogen-bond donors (Lipinski definition) is 1. The van der Waals surface area contributed by atoms with Gasteiger partial charge >= 0.3 is 11.9 Å². The van der Waals surface area contributed by atoms with Crippen LogP contribution in [-0.4, -0.2) is 46.1 Å². The van der Waals surface area contributed by atoms with Crippen LogP contribution < -0.4 is 5.73 Å². The Kier molecular flexibility index (Phi) is 5.19. The zero-order valence-electron chi connectivity index (χ0n) is 12.8. The fraction of sp³-hybridized carbons (Fsp3) is 0.286. The number of ether oxygens (including phenoxy) is 2. The fourth-order valence-corrected chi connectivity index (χ4v) is 2.71. The maximum Gasteiger partial charge on any atom is 0.381 e. The van der Waals surface area contributed by atoms with Crippen LogP contribution in [-0.2, 0) is 19.1 Å². The lowest BCUT2D eigenvalue weighted by Gasteiger charge is -2.05. The zero-order chi connectivity index (χ0) is 17.9. The van der Waals surface area contributed by atoms with Crippen LogP contribution in [0.2, 0.25) is 0 Å². The second-order valence-electron chi connectivity index (χ2n) is 4.40. The number of nitrogens with two attached hydrogens (primary N) is 1. The predicted molar refractivity (Wildman–Crippen MR) is 83.8 cm³/mol. The van der Waals surface area contributed by atoms with Gasteiger partial charge in [0.1, 0.15) is 17.2 Å². The number of Topliss-reactive ketones (excluding diaryl/α,β-unsaturated/α-hetero) is 2. The zero-order valence-corrected chi connectivity index (χ0v) is 13.6. The molecule has 0 fully saturated rings. The van der Waals surface area contributed by atoms with E-state index in [0.29, 0.717) is 4.70 Å². The summed E-state index contributed by atoms with van der Waals surface area (Å²) in [5, 5.41) is -0.0229. The molecule has 0 saturated heterocycles. The Morgan fingerprint density at radius 3 is 2.12 bits per heavy atom. The van der Waals surface area contributed by atoms with Crippen LogP contribution >= 0.6 is 11.5 Å². The van der Waals surface area contributed by atoms with Crippen LogP contribution in [0.3, 0.4) is 0 Å². The van der Waals surface area contributed by atoms with Gasteiger partial charge in [0.2, 0.25) is 0 Å². The molecule has 2 N–H and O–H groups in total. The highest BCUT2D eigenvalue weighted by atomic mass is 32.1. The fourth-order valence-electron chi connectivity index (χ4n) is 1.89. The average molecular weight is 351 g/mol. The molecule has 0 bridgehead atoms. The Bertz CT molecular complexity index is 844. The maximum absolute atomic E-state index is 12.2. The van der Waals surface area contributed by atoms with Gasteiger partial charge in [-0.1, -0.05) is 0 Å². The summed E-state index contributed by atoms with van der Waals surface area (Å²) < 4.78 is 13.5. The largest absolute Gasteiger partial charge is 0.460 e. The van der Waals surface area contributed by atoms with Gasteiger partial charge in [-0.3, -0.25) is 9.59 Å². The minimum absolute atomic E-state index is 0.00640. The van der Waals surface area contributed by atoms with Crippen molar-refractivity contribution in [2.24, 2.45) is 0 Å². The van der Waals surface area contributed by atoms with E-state index >= 15 is 0 Å². The highest BCUT2D eigenvalue weighted by molar-refractivity contribution is 7.13. The monoisotopic (exact) mass is 351 g/mol. The number of hydrogen-bond acceptors (Lipinski definition) is 10. The van der Waals surface area contributed by atoms with Crippen molar-refractivity contribution in [2.45, 2.75) is 13.8 Å². The highest BCUT2D eigenvalue weighted by Crippen LogP contribution is 2.28. The second kappa shape index (κ2) is 7.13. The molecule has 2 heterocycles. The minimum atomic E-state index is -1.14. The number of fused-ring (bicyclic) bond motifs is 1. The molecule has 0 spiro atoms. The Morgan fingerprint density at radius 2 is 1.58 bits per heavy atom. The van der Waals surface area contributed by atoms with Crippen LogP contribution in [0.25, 0.3) is 10.1 Å². The number of nitrogens with zero attached hydrogens (tertiary/aromatic N) is 2. The smallest absolute Gasteiger partial charge is 0.381 e. The van der Waals surface area contributed by atoms with E-state index in [1.165, 1.54) is 13.0 Å². The average Bonchev–Trinajstić information content (AvgIpc) is 2.96. The molecule has 2 aromatic rings. The highest BCUT2D eigenvalue weighted by Gasteiger charge is 2.30. The molecule has 0 radical (unpaired) electrons.